The van der Waals surface area contributed by atoms with Gasteiger partial charge < -0.3 is 5.73 Å². The summed E-state index contributed by atoms with van der Waals surface area (Å²) in [6, 6.07) is 6.41. The molecule has 12 heavy (non-hydrogen) atoms. The molecule has 1 nitrogen and oxygen atoms in total. The predicted molar refractivity (Wildman–Crippen MR) is 53.1 cm³/mol. The molecule has 0 radical (unpaired) electrons. The Bertz CT molecular complexity index is 231. The van der Waals surface area contributed by atoms with E-state index in [1.165, 1.54) is 16.7 Å². The van der Waals surface area contributed by atoms with Gasteiger partial charge in [-0.2, -0.15) is 0 Å². The second-order valence-electron chi connectivity index (χ2n) is 2.97. The molecule has 0 aliphatic heterocycles. The van der Waals surface area contributed by atoms with E-state index in [4.69, 9.17) is 5.73 Å². The van der Waals surface area contributed by atoms with Gasteiger partial charge in [0.15, 0.2) is 0 Å². The van der Waals surface area contributed by atoms with E-state index in [9.17, 15) is 0 Å². The Morgan fingerprint density at radius 2 is 1.75 bits per heavy atom. The molecule has 2 N–H and O–H groups in total. The molecule has 0 saturated carbocycles. The van der Waals surface area contributed by atoms with Crippen LogP contribution in [0, 0.1) is 0 Å². The lowest BCUT2D eigenvalue weighted by Crippen LogP contribution is -2.03. The molecule has 1 heteroatoms. The normalized spacial score (nSPS) is 10.2. The van der Waals surface area contributed by atoms with Crippen LogP contribution in [0.4, 0.5) is 0 Å². The van der Waals surface area contributed by atoms with Gasteiger partial charge in [-0.3, -0.25) is 0 Å². The van der Waals surface area contributed by atoms with Gasteiger partial charge in [-0.05, 0) is 29.5 Å². The average Bonchev–Trinajstić information content (AvgIpc) is 2.16. The molecule has 66 valence electrons. The zero-order chi connectivity index (χ0) is 8.97. The highest BCUT2D eigenvalue weighted by Crippen LogP contribution is 2.15. The average molecular weight is 163 g/mol. The summed E-state index contributed by atoms with van der Waals surface area (Å²) in [6.07, 6.45) is 2.20. The van der Waals surface area contributed by atoms with Crippen molar-refractivity contribution < 1.29 is 0 Å². The van der Waals surface area contributed by atoms with E-state index in [1.54, 1.807) is 0 Å². The van der Waals surface area contributed by atoms with Crippen molar-refractivity contribution in [3.05, 3.63) is 34.9 Å². The molecule has 1 rings (SSSR count). The molecule has 0 aromatic heterocycles. The maximum atomic E-state index is 5.65. The number of hydrogen-bond donors (Lipinski definition) is 1. The van der Waals surface area contributed by atoms with E-state index < -0.39 is 0 Å². The van der Waals surface area contributed by atoms with Crippen LogP contribution in [0.15, 0.2) is 18.2 Å². The monoisotopic (exact) mass is 163 g/mol. The maximum absolute atomic E-state index is 5.65. The summed E-state index contributed by atoms with van der Waals surface area (Å²) in [6.45, 7) is 5.04. The number of nitrogens with two attached hydrogens (primary N) is 1. The third-order valence-corrected chi connectivity index (χ3v) is 2.32. The second-order valence-corrected chi connectivity index (χ2v) is 2.97. The lowest BCUT2D eigenvalue weighted by molar-refractivity contribution is 0.962. The first-order chi connectivity index (χ1) is 5.83. The van der Waals surface area contributed by atoms with Crippen molar-refractivity contribution in [2.75, 3.05) is 0 Å². The predicted octanol–water partition coefficient (Wildman–Crippen LogP) is 2.27. The van der Waals surface area contributed by atoms with Gasteiger partial charge in [-0.25, -0.2) is 0 Å². The van der Waals surface area contributed by atoms with E-state index in [0.29, 0.717) is 6.54 Å². The van der Waals surface area contributed by atoms with E-state index >= 15 is 0 Å². The van der Waals surface area contributed by atoms with Crippen molar-refractivity contribution >= 4 is 0 Å². The van der Waals surface area contributed by atoms with Crippen LogP contribution in [-0.4, -0.2) is 0 Å². The highest BCUT2D eigenvalue weighted by Gasteiger charge is 2.02. The number of aryl methyl sites for hydroxylation is 1. The smallest absolute Gasteiger partial charge is 0.0180 e. The Balaban J connectivity index is 3.13. The quantitative estimate of drug-likeness (QED) is 0.726. The molecule has 1 aromatic rings. The van der Waals surface area contributed by atoms with Crippen LogP contribution in [0.5, 0.6) is 0 Å². The molecule has 0 saturated heterocycles. The first-order valence-electron chi connectivity index (χ1n) is 4.63. The van der Waals surface area contributed by atoms with Gasteiger partial charge in [-0.1, -0.05) is 32.0 Å². The van der Waals surface area contributed by atoms with Crippen molar-refractivity contribution in [2.24, 2.45) is 5.73 Å². The SMILES string of the molecule is CCc1cccc(CN)c1CC. The molecule has 0 fully saturated rings. The van der Waals surface area contributed by atoms with Gasteiger partial charge >= 0.3 is 0 Å². The lowest BCUT2D eigenvalue weighted by atomic mass is 9.97. The van der Waals surface area contributed by atoms with Gasteiger partial charge in [-0.15, -0.1) is 0 Å². The largest absolute Gasteiger partial charge is 0.326 e. The third kappa shape index (κ3) is 1.67. The molecular weight excluding hydrogens is 146 g/mol. The molecule has 0 atom stereocenters. The molecular formula is C11H17N. The Hall–Kier alpha value is -0.820. The molecule has 0 aliphatic rings. The summed E-state index contributed by atoms with van der Waals surface area (Å²) in [5, 5.41) is 0. The van der Waals surface area contributed by atoms with Crippen LogP contribution in [-0.2, 0) is 19.4 Å². The molecule has 1 aromatic carbocycles. The molecule has 0 unspecified atom stereocenters. The molecule has 0 spiro atoms. The minimum atomic E-state index is 0.664. The van der Waals surface area contributed by atoms with Gasteiger partial charge in [0.25, 0.3) is 0 Å². The Kier molecular flexibility index (Phi) is 3.30. The van der Waals surface area contributed by atoms with Crippen LogP contribution in [0.1, 0.15) is 30.5 Å². The Morgan fingerprint density at radius 3 is 2.25 bits per heavy atom. The fourth-order valence-electron chi connectivity index (χ4n) is 1.66. The molecule has 0 amide bonds. The molecule has 0 bridgehead atoms. The Labute approximate surface area is 74.6 Å². The van der Waals surface area contributed by atoms with E-state index in [0.717, 1.165) is 12.8 Å². The molecule has 0 heterocycles. The number of benzene rings is 1. The van der Waals surface area contributed by atoms with Crippen molar-refractivity contribution in [3.63, 3.8) is 0 Å². The highest BCUT2D eigenvalue weighted by molar-refractivity contribution is 5.35. The number of hydrogen-bond acceptors (Lipinski definition) is 1. The van der Waals surface area contributed by atoms with Crippen molar-refractivity contribution in [1.29, 1.82) is 0 Å². The maximum Gasteiger partial charge on any atom is 0.0180 e. The van der Waals surface area contributed by atoms with Crippen LogP contribution in [0.2, 0.25) is 0 Å². The first kappa shape index (κ1) is 9.27. The minimum absolute atomic E-state index is 0.664. The van der Waals surface area contributed by atoms with Gasteiger partial charge in [0.2, 0.25) is 0 Å². The second kappa shape index (κ2) is 4.27. The van der Waals surface area contributed by atoms with Gasteiger partial charge in [0, 0.05) is 6.54 Å². The summed E-state index contributed by atoms with van der Waals surface area (Å²) in [7, 11) is 0. The standard InChI is InChI=1S/C11H17N/c1-3-9-6-5-7-10(8-12)11(9)4-2/h5-7H,3-4,8,12H2,1-2H3. The summed E-state index contributed by atoms with van der Waals surface area (Å²) in [5.41, 5.74) is 9.84. The fraction of sp³-hybridized carbons (Fsp3) is 0.455. The number of rotatable bonds is 3. The van der Waals surface area contributed by atoms with Gasteiger partial charge in [0.1, 0.15) is 0 Å². The van der Waals surface area contributed by atoms with Crippen LogP contribution in [0.3, 0.4) is 0 Å². The summed E-state index contributed by atoms with van der Waals surface area (Å²) in [4.78, 5) is 0. The van der Waals surface area contributed by atoms with E-state index in [-0.39, 0.29) is 0 Å². The van der Waals surface area contributed by atoms with Crippen molar-refractivity contribution in [2.45, 2.75) is 33.2 Å². The molecule has 0 aliphatic carbocycles. The summed E-state index contributed by atoms with van der Waals surface area (Å²) >= 11 is 0. The minimum Gasteiger partial charge on any atom is -0.326 e. The van der Waals surface area contributed by atoms with E-state index in [2.05, 4.69) is 32.0 Å². The highest BCUT2D eigenvalue weighted by atomic mass is 14.5. The zero-order valence-corrected chi connectivity index (χ0v) is 7.93. The summed E-state index contributed by atoms with van der Waals surface area (Å²) < 4.78 is 0. The fourth-order valence-corrected chi connectivity index (χ4v) is 1.66. The van der Waals surface area contributed by atoms with Crippen molar-refractivity contribution in [1.82, 2.24) is 0 Å². The van der Waals surface area contributed by atoms with Crippen LogP contribution < -0.4 is 5.73 Å². The van der Waals surface area contributed by atoms with Crippen molar-refractivity contribution in [3.8, 4) is 0 Å². The first-order valence-corrected chi connectivity index (χ1v) is 4.63. The van der Waals surface area contributed by atoms with Crippen LogP contribution >= 0.6 is 0 Å². The topological polar surface area (TPSA) is 26.0 Å². The van der Waals surface area contributed by atoms with Crippen LogP contribution in [0.25, 0.3) is 0 Å². The van der Waals surface area contributed by atoms with Gasteiger partial charge in [0.05, 0.1) is 0 Å². The zero-order valence-electron chi connectivity index (χ0n) is 7.93. The van der Waals surface area contributed by atoms with E-state index in [1.807, 2.05) is 0 Å². The summed E-state index contributed by atoms with van der Waals surface area (Å²) in [5.74, 6) is 0. The Morgan fingerprint density at radius 1 is 1.08 bits per heavy atom. The lowest BCUT2D eigenvalue weighted by Gasteiger charge is -2.10. The third-order valence-electron chi connectivity index (χ3n) is 2.32.